The molecule has 0 bridgehead atoms. The zero-order chi connectivity index (χ0) is 12.1. The fraction of sp³-hybridized carbons (Fsp3) is 0.909. The van der Waals surface area contributed by atoms with Gasteiger partial charge < -0.3 is 10.5 Å². The van der Waals surface area contributed by atoms with E-state index < -0.39 is 5.54 Å². The summed E-state index contributed by atoms with van der Waals surface area (Å²) in [4.78, 5) is 11.5. The van der Waals surface area contributed by atoms with Crippen LogP contribution < -0.4 is 5.73 Å². The van der Waals surface area contributed by atoms with Gasteiger partial charge in [0.1, 0.15) is 5.54 Å². The number of rotatable bonds is 6. The highest BCUT2D eigenvalue weighted by molar-refractivity contribution is 8.00. The second-order valence-corrected chi connectivity index (χ2v) is 6.36. The number of carbonyl (C=O) groups excluding carboxylic acids is 1. The number of carbonyl (C=O) groups is 1. The summed E-state index contributed by atoms with van der Waals surface area (Å²) in [5, 5.41) is 0.919. The van der Waals surface area contributed by atoms with Crippen LogP contribution in [-0.2, 0) is 9.53 Å². The molecule has 0 aromatic carbocycles. The van der Waals surface area contributed by atoms with Crippen molar-refractivity contribution in [3.8, 4) is 0 Å². The summed E-state index contributed by atoms with van der Waals surface area (Å²) in [5.74, 6) is -0.304. The Hall–Kier alpha value is -0.220. The van der Waals surface area contributed by atoms with Crippen molar-refractivity contribution in [2.75, 3.05) is 6.61 Å². The molecule has 0 rings (SSSR count). The number of thioether (sulfide) groups is 1. The minimum Gasteiger partial charge on any atom is -0.465 e. The molecule has 90 valence electrons. The Balaban J connectivity index is 4.17. The summed E-state index contributed by atoms with van der Waals surface area (Å²) >= 11 is 1.83. The molecular weight excluding hydrogens is 210 g/mol. The third kappa shape index (κ3) is 6.05. The van der Waals surface area contributed by atoms with E-state index in [1.807, 2.05) is 11.8 Å². The summed E-state index contributed by atoms with van der Waals surface area (Å²) in [6, 6.07) is 0. The van der Waals surface area contributed by atoms with E-state index in [1.165, 1.54) is 0 Å². The zero-order valence-electron chi connectivity index (χ0n) is 10.4. The largest absolute Gasteiger partial charge is 0.465 e. The van der Waals surface area contributed by atoms with Gasteiger partial charge >= 0.3 is 5.97 Å². The van der Waals surface area contributed by atoms with Crippen LogP contribution >= 0.6 is 11.8 Å². The quantitative estimate of drug-likeness (QED) is 0.714. The van der Waals surface area contributed by atoms with E-state index in [2.05, 4.69) is 20.8 Å². The van der Waals surface area contributed by atoms with Crippen LogP contribution in [-0.4, -0.2) is 28.6 Å². The fourth-order valence-electron chi connectivity index (χ4n) is 1.49. The van der Waals surface area contributed by atoms with E-state index >= 15 is 0 Å². The number of esters is 1. The molecule has 0 saturated heterocycles. The summed E-state index contributed by atoms with van der Waals surface area (Å²) in [6.07, 6.45) is 0.647. The second-order valence-electron chi connectivity index (χ2n) is 4.34. The van der Waals surface area contributed by atoms with Crippen molar-refractivity contribution < 1.29 is 9.53 Å². The monoisotopic (exact) mass is 233 g/mol. The average molecular weight is 233 g/mol. The van der Waals surface area contributed by atoms with Crippen molar-refractivity contribution in [3.63, 3.8) is 0 Å². The number of hydrogen-bond donors (Lipinski definition) is 1. The van der Waals surface area contributed by atoms with Crippen LogP contribution in [0.25, 0.3) is 0 Å². The SMILES string of the molecule is CCOC(=O)C(C)(N)CC(C)SC(C)C. The Morgan fingerprint density at radius 1 is 1.47 bits per heavy atom. The van der Waals surface area contributed by atoms with Crippen LogP contribution in [0.1, 0.15) is 41.0 Å². The van der Waals surface area contributed by atoms with E-state index in [-0.39, 0.29) is 5.97 Å². The molecule has 3 nitrogen and oxygen atoms in total. The Morgan fingerprint density at radius 2 is 2.00 bits per heavy atom. The Bertz CT molecular complexity index is 205. The molecule has 15 heavy (non-hydrogen) atoms. The molecule has 0 fully saturated rings. The smallest absolute Gasteiger partial charge is 0.325 e. The lowest BCUT2D eigenvalue weighted by Gasteiger charge is -2.26. The Morgan fingerprint density at radius 3 is 2.40 bits per heavy atom. The first kappa shape index (κ1) is 14.8. The lowest BCUT2D eigenvalue weighted by atomic mass is 9.98. The summed E-state index contributed by atoms with van der Waals surface area (Å²) in [7, 11) is 0. The third-order valence-electron chi connectivity index (χ3n) is 1.96. The normalized spacial score (nSPS) is 17.3. The van der Waals surface area contributed by atoms with E-state index in [1.54, 1.807) is 13.8 Å². The highest BCUT2D eigenvalue weighted by atomic mass is 32.2. The van der Waals surface area contributed by atoms with Crippen molar-refractivity contribution in [2.45, 2.75) is 57.1 Å². The molecule has 0 saturated carbocycles. The van der Waals surface area contributed by atoms with Crippen LogP contribution in [0, 0.1) is 0 Å². The molecule has 0 radical (unpaired) electrons. The molecule has 0 aromatic rings. The topological polar surface area (TPSA) is 52.3 Å². The molecule has 4 heteroatoms. The van der Waals surface area contributed by atoms with Gasteiger partial charge in [-0.05, 0) is 25.5 Å². The maximum absolute atomic E-state index is 11.5. The molecule has 2 unspecified atom stereocenters. The summed E-state index contributed by atoms with van der Waals surface area (Å²) in [5.41, 5.74) is 5.07. The maximum atomic E-state index is 11.5. The van der Waals surface area contributed by atoms with Gasteiger partial charge in [-0.1, -0.05) is 20.8 Å². The van der Waals surface area contributed by atoms with Crippen molar-refractivity contribution in [3.05, 3.63) is 0 Å². The number of hydrogen-bond acceptors (Lipinski definition) is 4. The maximum Gasteiger partial charge on any atom is 0.325 e. The van der Waals surface area contributed by atoms with Gasteiger partial charge in [0.15, 0.2) is 0 Å². The second kappa shape index (κ2) is 6.38. The Labute approximate surface area is 97.1 Å². The van der Waals surface area contributed by atoms with Gasteiger partial charge in [0, 0.05) is 5.25 Å². The van der Waals surface area contributed by atoms with Crippen LogP contribution in [0.2, 0.25) is 0 Å². The molecule has 0 aliphatic heterocycles. The predicted molar refractivity (Wildman–Crippen MR) is 66.0 cm³/mol. The first-order valence-corrected chi connectivity index (χ1v) is 6.35. The fourth-order valence-corrected chi connectivity index (χ4v) is 2.86. The average Bonchev–Trinajstić information content (AvgIpc) is 2.01. The van der Waals surface area contributed by atoms with Gasteiger partial charge in [-0.15, -0.1) is 0 Å². The molecule has 0 aliphatic rings. The lowest BCUT2D eigenvalue weighted by molar-refractivity contribution is -0.149. The first-order valence-electron chi connectivity index (χ1n) is 5.41. The molecule has 0 heterocycles. The van der Waals surface area contributed by atoms with Crippen molar-refractivity contribution in [1.29, 1.82) is 0 Å². The van der Waals surface area contributed by atoms with Crippen molar-refractivity contribution in [1.82, 2.24) is 0 Å². The van der Waals surface area contributed by atoms with Crippen LogP contribution in [0.3, 0.4) is 0 Å². The Kier molecular flexibility index (Phi) is 6.29. The lowest BCUT2D eigenvalue weighted by Crippen LogP contribution is -2.47. The van der Waals surface area contributed by atoms with Gasteiger partial charge in [-0.2, -0.15) is 11.8 Å². The molecular formula is C11H23NO2S. The number of ether oxygens (including phenoxy) is 1. The van der Waals surface area contributed by atoms with Crippen LogP contribution in [0.15, 0.2) is 0 Å². The minimum atomic E-state index is -0.864. The molecule has 0 spiro atoms. The number of nitrogens with two attached hydrogens (primary N) is 1. The molecule has 0 amide bonds. The molecule has 0 aromatic heterocycles. The van der Waals surface area contributed by atoms with E-state index in [0.717, 1.165) is 0 Å². The first-order chi connectivity index (χ1) is 6.79. The van der Waals surface area contributed by atoms with Crippen molar-refractivity contribution >= 4 is 17.7 Å². The van der Waals surface area contributed by atoms with Gasteiger partial charge in [0.25, 0.3) is 0 Å². The van der Waals surface area contributed by atoms with E-state index in [9.17, 15) is 4.79 Å². The zero-order valence-corrected chi connectivity index (χ0v) is 11.2. The summed E-state index contributed by atoms with van der Waals surface area (Å²) < 4.78 is 4.94. The molecule has 2 N–H and O–H groups in total. The van der Waals surface area contributed by atoms with Gasteiger partial charge in [0.05, 0.1) is 6.61 Å². The standard InChI is InChI=1S/C11H23NO2S/c1-6-14-10(13)11(5,12)7-9(4)15-8(2)3/h8-9H,6-7,12H2,1-5H3. The highest BCUT2D eigenvalue weighted by Gasteiger charge is 2.31. The summed E-state index contributed by atoms with van der Waals surface area (Å²) in [6.45, 7) is 10.3. The third-order valence-corrected chi connectivity index (χ3v) is 3.13. The van der Waals surface area contributed by atoms with Gasteiger partial charge in [0.2, 0.25) is 0 Å². The highest BCUT2D eigenvalue weighted by Crippen LogP contribution is 2.24. The van der Waals surface area contributed by atoms with E-state index in [0.29, 0.717) is 23.5 Å². The van der Waals surface area contributed by atoms with Gasteiger partial charge in [-0.25, -0.2) is 0 Å². The molecule has 0 aliphatic carbocycles. The van der Waals surface area contributed by atoms with Crippen LogP contribution in [0.4, 0.5) is 0 Å². The van der Waals surface area contributed by atoms with E-state index in [4.69, 9.17) is 10.5 Å². The van der Waals surface area contributed by atoms with Crippen LogP contribution in [0.5, 0.6) is 0 Å². The predicted octanol–water partition coefficient (Wildman–Crippen LogP) is 2.19. The van der Waals surface area contributed by atoms with Crippen molar-refractivity contribution in [2.24, 2.45) is 5.73 Å². The molecule has 2 atom stereocenters. The minimum absolute atomic E-state index is 0.304. The van der Waals surface area contributed by atoms with Gasteiger partial charge in [-0.3, -0.25) is 4.79 Å².